The summed E-state index contributed by atoms with van der Waals surface area (Å²) < 4.78 is 0. The Labute approximate surface area is 131 Å². The second-order valence-corrected chi connectivity index (χ2v) is 3.12. The molecule has 0 amide bonds. The van der Waals surface area contributed by atoms with Crippen molar-refractivity contribution in [3.63, 3.8) is 0 Å². The molecule has 66 valence electrons. The topological polar surface area (TPSA) is 44.1 Å². The quantitative estimate of drug-likeness (QED) is 0.598. The van der Waals surface area contributed by atoms with Gasteiger partial charge < -0.3 is 9.97 Å². The summed E-state index contributed by atoms with van der Waals surface area (Å²) >= 11 is 0. The van der Waals surface area contributed by atoms with Gasteiger partial charge in [-0.05, 0) is 25.3 Å². The minimum atomic E-state index is -0.0179. The molecule has 0 aliphatic rings. The number of ketones is 1. The van der Waals surface area contributed by atoms with Crippen LogP contribution in [0.1, 0.15) is 23.0 Å². The maximum atomic E-state index is 11.0. The van der Waals surface area contributed by atoms with Gasteiger partial charge in [-0.1, -0.05) is 23.5 Å². The van der Waals surface area contributed by atoms with Gasteiger partial charge in [0.25, 0.3) is 0 Å². The van der Waals surface area contributed by atoms with Crippen LogP contribution in [-0.2, 0) is 0 Å². The number of hydrogen-bond donors (Lipinski definition) is 0. The molecule has 3 nitrogen and oxygen atoms in total. The predicted molar refractivity (Wildman–Crippen MR) is 49.8 cm³/mol. The Morgan fingerprint density at radius 3 is 2.79 bits per heavy atom. The molecule has 2 aromatic heterocycles. The Kier molecular flexibility index (Phi) is 4.19. The summed E-state index contributed by atoms with van der Waals surface area (Å²) in [6, 6.07) is 3.75. The van der Waals surface area contributed by atoms with Crippen molar-refractivity contribution in [2.75, 3.05) is 0 Å². The zero-order valence-corrected chi connectivity index (χ0v) is 13.5. The Bertz CT molecular complexity index is 476. The molecule has 0 aliphatic carbocycles. The van der Waals surface area contributed by atoms with Crippen LogP contribution < -0.4 is 63.2 Å². The van der Waals surface area contributed by atoms with Gasteiger partial charge in [0, 0.05) is 5.69 Å². The van der Waals surface area contributed by atoms with Gasteiger partial charge in [-0.25, -0.2) is 0 Å². The molecule has 0 atom stereocenters. The van der Waals surface area contributed by atoms with Crippen molar-refractivity contribution >= 4 is 16.8 Å². The Balaban J connectivity index is 0.000000980. The number of hydrogen-bond acceptors (Lipinski definition) is 2. The van der Waals surface area contributed by atoms with Gasteiger partial charge in [-0.15, -0.1) is 0 Å². The smallest absolute Gasteiger partial charge is 0.442 e. The predicted octanol–water partition coefficient (Wildman–Crippen LogP) is -1.29. The molecule has 4 heteroatoms. The summed E-state index contributed by atoms with van der Waals surface area (Å²) in [6.07, 6.45) is 1.75. The third-order valence-electron chi connectivity index (χ3n) is 1.91. The van der Waals surface area contributed by atoms with E-state index < -0.39 is 0 Å². The number of fused-ring (bicyclic) bond motifs is 1. The van der Waals surface area contributed by atoms with Crippen LogP contribution in [0.5, 0.6) is 0 Å². The Morgan fingerprint density at radius 1 is 1.43 bits per heavy atom. The molecule has 0 radical (unpaired) electrons. The summed E-state index contributed by atoms with van der Waals surface area (Å²) in [4.78, 5) is 19.2. The molecule has 2 rings (SSSR count). The van der Waals surface area contributed by atoms with Gasteiger partial charge >= 0.3 is 58.2 Å². The molecule has 2 heterocycles. The average Bonchev–Trinajstić information content (AvgIpc) is 2.46. The molecule has 0 N–H and O–H groups in total. The van der Waals surface area contributed by atoms with Crippen LogP contribution in [0.3, 0.4) is 0 Å². The number of carbonyl (C=O) groups excluding carboxylic acids is 1. The fraction of sp³-hybridized carbons (Fsp3) is 0.200. The minimum Gasteiger partial charge on any atom is -0.442 e. The van der Waals surface area contributed by atoms with Crippen LogP contribution in [0.2, 0.25) is 0 Å². The number of rotatable bonds is 1. The normalized spacial score (nSPS) is 9.86. The van der Waals surface area contributed by atoms with Crippen molar-refractivity contribution in [2.45, 2.75) is 13.8 Å². The number of aryl methyl sites for hydroxylation is 1. The molecule has 0 fully saturated rings. The first kappa shape index (κ1) is 12.2. The third-order valence-corrected chi connectivity index (χ3v) is 1.91. The van der Waals surface area contributed by atoms with Gasteiger partial charge in [-0.2, -0.15) is 0 Å². The van der Waals surface area contributed by atoms with E-state index in [1.165, 1.54) is 6.92 Å². The summed E-state index contributed by atoms with van der Waals surface area (Å²) in [6.45, 7) is 3.47. The van der Waals surface area contributed by atoms with Crippen LogP contribution in [0.25, 0.3) is 11.0 Å². The molecule has 2 aromatic rings. The molecule has 0 unspecified atom stereocenters. The second kappa shape index (κ2) is 4.79. The van der Waals surface area contributed by atoms with Crippen molar-refractivity contribution < 1.29 is 63.0 Å². The van der Waals surface area contributed by atoms with E-state index in [4.69, 9.17) is 0 Å². The first-order chi connectivity index (χ1) is 6.16. The van der Waals surface area contributed by atoms with E-state index in [0.717, 1.165) is 10.9 Å². The fourth-order valence-electron chi connectivity index (χ4n) is 1.26. The number of pyridine rings is 1. The zero-order valence-electron chi connectivity index (χ0n) is 8.53. The standard InChI is InChI=1S/C10H10N2O.Rb/c1-6-3-8-4-9(7(2)13)12-10(8)11-5-6;/h3-5H,1-2H3,(H,11,12,13);/q;+1/p-1. The Morgan fingerprint density at radius 2 is 2.14 bits per heavy atom. The Hall–Kier alpha value is 0.165. The molecule has 0 spiro atoms. The monoisotopic (exact) mass is 258 g/mol. The van der Waals surface area contributed by atoms with Gasteiger partial charge in [-0.3, -0.25) is 4.79 Å². The average molecular weight is 259 g/mol. The maximum Gasteiger partial charge on any atom is 1.00 e. The van der Waals surface area contributed by atoms with Gasteiger partial charge in [0.2, 0.25) is 0 Å². The van der Waals surface area contributed by atoms with Crippen LogP contribution in [-0.4, -0.2) is 10.8 Å². The summed E-state index contributed by atoms with van der Waals surface area (Å²) in [5, 5.41) is 0.935. The molecule has 0 saturated heterocycles. The maximum absolute atomic E-state index is 11.0. The fourth-order valence-corrected chi connectivity index (χ4v) is 1.26. The molecular formula is C10H9N2ORb. The van der Waals surface area contributed by atoms with Crippen LogP contribution in [0.15, 0.2) is 18.3 Å². The van der Waals surface area contributed by atoms with Crippen LogP contribution in [0, 0.1) is 6.92 Å². The first-order valence-electron chi connectivity index (χ1n) is 4.08. The van der Waals surface area contributed by atoms with Crippen molar-refractivity contribution in [2.24, 2.45) is 0 Å². The second-order valence-electron chi connectivity index (χ2n) is 3.12. The zero-order chi connectivity index (χ0) is 9.42. The van der Waals surface area contributed by atoms with Crippen molar-refractivity contribution in [1.82, 2.24) is 9.97 Å². The number of carbonyl (C=O) groups is 1. The number of nitrogens with zero attached hydrogens (tertiary/aromatic N) is 2. The SMILES string of the molecule is CC(=O)c1cc2cc(C)cnc2[n-]1.[Rb+]. The summed E-state index contributed by atoms with van der Waals surface area (Å²) in [5.41, 5.74) is 2.22. The first-order valence-corrected chi connectivity index (χ1v) is 4.08. The van der Waals surface area contributed by atoms with E-state index >= 15 is 0 Å². The number of Topliss-reactive ketones (excluding diaryl/α,β-unsaturated/α-hetero) is 1. The van der Waals surface area contributed by atoms with E-state index in [9.17, 15) is 4.79 Å². The molecule has 0 aliphatic heterocycles. The largest absolute Gasteiger partial charge is 1.00 e. The number of aromatic nitrogens is 2. The van der Waals surface area contributed by atoms with E-state index in [1.807, 2.05) is 13.0 Å². The minimum absolute atomic E-state index is 0. The van der Waals surface area contributed by atoms with E-state index in [0.29, 0.717) is 11.3 Å². The van der Waals surface area contributed by atoms with Crippen molar-refractivity contribution in [1.29, 1.82) is 0 Å². The van der Waals surface area contributed by atoms with E-state index in [2.05, 4.69) is 9.97 Å². The summed E-state index contributed by atoms with van der Waals surface area (Å²) in [5.74, 6) is -0.0179. The molecule has 14 heavy (non-hydrogen) atoms. The van der Waals surface area contributed by atoms with E-state index in [1.54, 1.807) is 12.3 Å². The van der Waals surface area contributed by atoms with Gasteiger partial charge in [0.15, 0.2) is 5.78 Å². The van der Waals surface area contributed by atoms with Crippen molar-refractivity contribution in [3.05, 3.63) is 29.6 Å². The van der Waals surface area contributed by atoms with E-state index in [-0.39, 0.29) is 64.0 Å². The van der Waals surface area contributed by atoms with Crippen LogP contribution in [0.4, 0.5) is 0 Å². The molecule has 0 bridgehead atoms. The third kappa shape index (κ3) is 2.39. The van der Waals surface area contributed by atoms with Gasteiger partial charge in [0.1, 0.15) is 0 Å². The molecule has 0 aromatic carbocycles. The summed E-state index contributed by atoms with van der Waals surface area (Å²) in [7, 11) is 0. The van der Waals surface area contributed by atoms with Crippen molar-refractivity contribution in [3.8, 4) is 0 Å². The molecule has 0 saturated carbocycles. The van der Waals surface area contributed by atoms with Gasteiger partial charge in [0.05, 0.1) is 0 Å². The molecular weight excluding hydrogens is 250 g/mol. The van der Waals surface area contributed by atoms with Crippen LogP contribution >= 0.6 is 0 Å².